The van der Waals surface area contributed by atoms with E-state index in [2.05, 4.69) is 10.3 Å². The SMILES string of the molecule is CSC(=O)/N=C(/NC(=O)c1ccc(C)cc1)SC. The zero-order chi connectivity index (χ0) is 13.5. The number of benzene rings is 1. The van der Waals surface area contributed by atoms with E-state index in [9.17, 15) is 9.59 Å². The maximum absolute atomic E-state index is 11.9. The summed E-state index contributed by atoms with van der Waals surface area (Å²) in [5.41, 5.74) is 1.63. The Morgan fingerprint density at radius 2 is 1.72 bits per heavy atom. The van der Waals surface area contributed by atoms with Crippen molar-refractivity contribution in [2.45, 2.75) is 6.92 Å². The molecule has 0 aliphatic heterocycles. The molecule has 1 aromatic rings. The monoisotopic (exact) mass is 282 g/mol. The summed E-state index contributed by atoms with van der Waals surface area (Å²) in [7, 11) is 0. The molecule has 1 N–H and O–H groups in total. The second kappa shape index (κ2) is 7.23. The third-order valence-corrected chi connectivity index (χ3v) is 3.12. The van der Waals surface area contributed by atoms with E-state index in [-0.39, 0.29) is 11.1 Å². The number of nitrogens with zero attached hydrogens (tertiary/aromatic N) is 1. The van der Waals surface area contributed by atoms with Gasteiger partial charge in [-0.2, -0.15) is 4.99 Å². The summed E-state index contributed by atoms with van der Waals surface area (Å²) in [6.45, 7) is 1.95. The van der Waals surface area contributed by atoms with Crippen molar-refractivity contribution in [2.75, 3.05) is 12.5 Å². The molecule has 96 valence electrons. The van der Waals surface area contributed by atoms with Crippen LogP contribution in [0.3, 0.4) is 0 Å². The Bertz CT molecular complexity index is 469. The first-order valence-corrected chi connectivity index (χ1v) is 7.60. The summed E-state index contributed by atoms with van der Waals surface area (Å²) in [4.78, 5) is 26.8. The van der Waals surface area contributed by atoms with E-state index in [4.69, 9.17) is 0 Å². The van der Waals surface area contributed by atoms with Crippen molar-refractivity contribution in [3.63, 3.8) is 0 Å². The van der Waals surface area contributed by atoms with Gasteiger partial charge in [-0.3, -0.25) is 9.59 Å². The van der Waals surface area contributed by atoms with Crippen LogP contribution in [0, 0.1) is 6.92 Å². The summed E-state index contributed by atoms with van der Waals surface area (Å²) >= 11 is 2.23. The first-order valence-electron chi connectivity index (χ1n) is 5.15. The number of aliphatic imine (C=N–C) groups is 1. The lowest BCUT2D eigenvalue weighted by Gasteiger charge is -2.05. The molecule has 0 bridgehead atoms. The number of aryl methyl sites for hydroxylation is 1. The Labute approximate surface area is 115 Å². The highest BCUT2D eigenvalue weighted by Crippen LogP contribution is 2.06. The zero-order valence-corrected chi connectivity index (χ0v) is 12.0. The second-order valence-electron chi connectivity index (χ2n) is 3.41. The van der Waals surface area contributed by atoms with Crippen LogP contribution in [0.4, 0.5) is 4.79 Å². The number of amidine groups is 1. The Morgan fingerprint density at radius 3 is 2.22 bits per heavy atom. The largest absolute Gasteiger partial charge is 0.306 e. The number of rotatable bonds is 1. The van der Waals surface area contributed by atoms with E-state index >= 15 is 0 Å². The van der Waals surface area contributed by atoms with Gasteiger partial charge in [0.1, 0.15) is 0 Å². The lowest BCUT2D eigenvalue weighted by molar-refractivity contribution is 0.0978. The van der Waals surface area contributed by atoms with Crippen LogP contribution in [0.2, 0.25) is 0 Å². The fourth-order valence-electron chi connectivity index (χ4n) is 1.13. The molecule has 0 spiro atoms. The molecule has 0 aliphatic rings. The predicted octanol–water partition coefficient (Wildman–Crippen LogP) is 2.93. The van der Waals surface area contributed by atoms with E-state index in [1.165, 1.54) is 11.8 Å². The van der Waals surface area contributed by atoms with Crippen LogP contribution < -0.4 is 5.32 Å². The van der Waals surface area contributed by atoms with Crippen LogP contribution in [0.15, 0.2) is 29.3 Å². The quantitative estimate of drug-likeness (QED) is 0.635. The molecule has 1 rings (SSSR count). The number of amides is 2. The normalized spacial score (nSPS) is 11.2. The van der Waals surface area contributed by atoms with E-state index in [0.29, 0.717) is 10.7 Å². The number of nitrogens with one attached hydrogen (secondary N) is 1. The van der Waals surface area contributed by atoms with E-state index in [0.717, 1.165) is 17.3 Å². The highest BCUT2D eigenvalue weighted by Gasteiger charge is 2.09. The number of thioether (sulfide) groups is 2. The summed E-state index contributed by atoms with van der Waals surface area (Å²) in [5, 5.41) is 2.58. The smallest absolute Gasteiger partial charge is 0.301 e. The summed E-state index contributed by atoms with van der Waals surface area (Å²) in [6, 6.07) is 7.19. The molecule has 6 heteroatoms. The molecule has 0 aliphatic carbocycles. The summed E-state index contributed by atoms with van der Waals surface area (Å²) < 4.78 is 0. The maximum atomic E-state index is 11.9. The Kier molecular flexibility index (Phi) is 5.94. The first-order chi connectivity index (χ1) is 8.56. The molecule has 0 saturated heterocycles. The zero-order valence-electron chi connectivity index (χ0n) is 10.4. The third kappa shape index (κ3) is 4.54. The number of carbonyl (C=O) groups is 2. The van der Waals surface area contributed by atoms with E-state index in [1.807, 2.05) is 19.1 Å². The van der Waals surface area contributed by atoms with Crippen molar-refractivity contribution in [3.8, 4) is 0 Å². The molecular weight excluding hydrogens is 268 g/mol. The Hall–Kier alpha value is -1.27. The molecule has 0 unspecified atom stereocenters. The summed E-state index contributed by atoms with van der Waals surface area (Å²) in [5.74, 6) is -0.267. The average molecular weight is 282 g/mol. The molecule has 0 fully saturated rings. The van der Waals surface area contributed by atoms with Gasteiger partial charge in [0.2, 0.25) is 0 Å². The Morgan fingerprint density at radius 1 is 1.11 bits per heavy atom. The second-order valence-corrected chi connectivity index (χ2v) is 4.96. The van der Waals surface area contributed by atoms with E-state index in [1.54, 1.807) is 24.6 Å². The number of hydrogen-bond donors (Lipinski definition) is 1. The van der Waals surface area contributed by atoms with Gasteiger partial charge in [-0.15, -0.1) is 0 Å². The van der Waals surface area contributed by atoms with Gasteiger partial charge in [-0.25, -0.2) is 0 Å². The highest BCUT2D eigenvalue weighted by molar-refractivity contribution is 8.14. The molecule has 0 radical (unpaired) electrons. The van der Waals surface area contributed by atoms with Crippen LogP contribution in [0.25, 0.3) is 0 Å². The Balaban J connectivity index is 2.76. The molecular formula is C12H14N2O2S2. The first kappa shape index (κ1) is 14.8. The van der Waals surface area contributed by atoms with Crippen molar-refractivity contribution >= 4 is 39.8 Å². The van der Waals surface area contributed by atoms with Crippen molar-refractivity contribution < 1.29 is 9.59 Å². The van der Waals surface area contributed by atoms with E-state index < -0.39 is 0 Å². The molecule has 0 aromatic heterocycles. The van der Waals surface area contributed by atoms with Gasteiger partial charge in [0, 0.05) is 5.56 Å². The lowest BCUT2D eigenvalue weighted by Crippen LogP contribution is -2.28. The van der Waals surface area contributed by atoms with Gasteiger partial charge in [0.15, 0.2) is 5.17 Å². The minimum absolute atomic E-state index is 0.267. The minimum atomic E-state index is -0.330. The molecule has 0 heterocycles. The van der Waals surface area contributed by atoms with Crippen LogP contribution >= 0.6 is 23.5 Å². The number of hydrogen-bond acceptors (Lipinski definition) is 4. The van der Waals surface area contributed by atoms with Gasteiger partial charge in [0.05, 0.1) is 0 Å². The third-order valence-electron chi connectivity index (χ3n) is 2.10. The lowest BCUT2D eigenvalue weighted by atomic mass is 10.1. The van der Waals surface area contributed by atoms with Crippen LogP contribution in [-0.4, -0.2) is 28.8 Å². The van der Waals surface area contributed by atoms with Crippen LogP contribution in [0.1, 0.15) is 15.9 Å². The van der Waals surface area contributed by atoms with Crippen molar-refractivity contribution in [2.24, 2.45) is 4.99 Å². The molecule has 18 heavy (non-hydrogen) atoms. The fraction of sp³-hybridized carbons (Fsp3) is 0.250. The summed E-state index contributed by atoms with van der Waals surface area (Å²) in [6.07, 6.45) is 3.40. The maximum Gasteiger partial charge on any atom is 0.306 e. The van der Waals surface area contributed by atoms with Gasteiger partial charge >= 0.3 is 5.24 Å². The van der Waals surface area contributed by atoms with Crippen molar-refractivity contribution in [1.82, 2.24) is 5.32 Å². The van der Waals surface area contributed by atoms with Gasteiger partial charge in [-0.05, 0) is 31.6 Å². The molecule has 2 amide bonds. The molecule has 4 nitrogen and oxygen atoms in total. The molecule has 0 saturated carbocycles. The fourth-order valence-corrected chi connectivity index (χ4v) is 1.74. The van der Waals surface area contributed by atoms with Gasteiger partial charge < -0.3 is 5.32 Å². The topological polar surface area (TPSA) is 58.5 Å². The minimum Gasteiger partial charge on any atom is -0.301 e. The molecule has 0 atom stereocenters. The molecule has 1 aromatic carbocycles. The average Bonchev–Trinajstić information content (AvgIpc) is 2.38. The standard InChI is InChI=1S/C12H14N2O2S2/c1-8-4-6-9(7-5-8)10(15)13-11(17-2)14-12(16)18-3/h4-7H,1-3H3,(H,13,14,15,16). The van der Waals surface area contributed by atoms with Crippen LogP contribution in [0.5, 0.6) is 0 Å². The van der Waals surface area contributed by atoms with Crippen molar-refractivity contribution in [3.05, 3.63) is 35.4 Å². The van der Waals surface area contributed by atoms with Crippen LogP contribution in [-0.2, 0) is 0 Å². The van der Waals surface area contributed by atoms with Gasteiger partial charge in [0.25, 0.3) is 5.91 Å². The van der Waals surface area contributed by atoms with Gasteiger partial charge in [-0.1, -0.05) is 41.2 Å². The highest BCUT2D eigenvalue weighted by atomic mass is 32.2. The van der Waals surface area contributed by atoms with Crippen molar-refractivity contribution in [1.29, 1.82) is 0 Å². The number of carbonyl (C=O) groups excluding carboxylic acids is 2. The predicted molar refractivity (Wildman–Crippen MR) is 78.5 cm³/mol.